The van der Waals surface area contributed by atoms with E-state index in [1.807, 2.05) is 24.3 Å². The number of amides is 1. The highest BCUT2D eigenvalue weighted by Gasteiger charge is 2.18. The van der Waals surface area contributed by atoms with Gasteiger partial charge in [0.05, 0.1) is 21.3 Å². The number of aryl methyl sites for hydroxylation is 1. The molecule has 1 atom stereocenters. The van der Waals surface area contributed by atoms with Crippen molar-refractivity contribution in [1.82, 2.24) is 0 Å². The lowest BCUT2D eigenvalue weighted by Crippen LogP contribution is -2.30. The molecule has 0 spiro atoms. The molecular formula is C20H25NO5. The number of hydrogen-bond acceptors (Lipinski definition) is 5. The molecule has 2 aromatic rings. The summed E-state index contributed by atoms with van der Waals surface area (Å²) in [4.78, 5) is 12.4. The molecule has 140 valence electrons. The second-order valence-electron chi connectivity index (χ2n) is 5.66. The number of benzene rings is 2. The fourth-order valence-electron chi connectivity index (χ4n) is 2.46. The molecule has 0 aliphatic carbocycles. The summed E-state index contributed by atoms with van der Waals surface area (Å²) >= 11 is 0. The van der Waals surface area contributed by atoms with Crippen LogP contribution in [0.2, 0.25) is 0 Å². The molecule has 6 heteroatoms. The molecule has 0 fully saturated rings. The average molecular weight is 359 g/mol. The molecule has 2 rings (SSSR count). The first-order chi connectivity index (χ1) is 12.5. The maximum Gasteiger partial charge on any atom is 0.265 e. The third-order valence-electron chi connectivity index (χ3n) is 3.95. The van der Waals surface area contributed by atoms with E-state index in [1.165, 1.54) is 26.9 Å². The van der Waals surface area contributed by atoms with Crippen molar-refractivity contribution < 1.29 is 23.7 Å². The Hall–Kier alpha value is -2.89. The standard InChI is InChI=1S/C20H25NO5/c1-6-14-7-9-16(10-8-14)26-13(2)20(22)21-15-11-17(23-3)19(25-5)18(12-15)24-4/h7-13H,6H2,1-5H3,(H,21,22). The maximum absolute atomic E-state index is 12.4. The maximum atomic E-state index is 12.4. The molecule has 0 aromatic heterocycles. The van der Waals surface area contributed by atoms with Crippen molar-refractivity contribution in [2.75, 3.05) is 26.6 Å². The lowest BCUT2D eigenvalue weighted by atomic mass is 10.2. The molecule has 0 aliphatic rings. The number of ether oxygens (including phenoxy) is 4. The van der Waals surface area contributed by atoms with Crippen LogP contribution in [0, 0.1) is 0 Å². The number of carbonyl (C=O) groups is 1. The van der Waals surface area contributed by atoms with Gasteiger partial charge in [-0.2, -0.15) is 0 Å². The van der Waals surface area contributed by atoms with Gasteiger partial charge in [0, 0.05) is 17.8 Å². The average Bonchev–Trinajstić information content (AvgIpc) is 2.67. The van der Waals surface area contributed by atoms with E-state index in [2.05, 4.69) is 12.2 Å². The van der Waals surface area contributed by atoms with E-state index >= 15 is 0 Å². The molecule has 1 amide bonds. The molecule has 0 saturated heterocycles. The van der Waals surface area contributed by atoms with Crippen LogP contribution in [0.3, 0.4) is 0 Å². The highest BCUT2D eigenvalue weighted by Crippen LogP contribution is 2.39. The molecule has 0 heterocycles. The fraction of sp³-hybridized carbons (Fsp3) is 0.350. The molecule has 0 bridgehead atoms. The van der Waals surface area contributed by atoms with E-state index in [1.54, 1.807) is 19.1 Å². The van der Waals surface area contributed by atoms with Gasteiger partial charge in [-0.05, 0) is 31.0 Å². The van der Waals surface area contributed by atoms with Gasteiger partial charge < -0.3 is 24.3 Å². The van der Waals surface area contributed by atoms with Crippen LogP contribution < -0.4 is 24.3 Å². The quantitative estimate of drug-likeness (QED) is 0.779. The monoisotopic (exact) mass is 359 g/mol. The Morgan fingerprint density at radius 1 is 1.00 bits per heavy atom. The van der Waals surface area contributed by atoms with Crippen LogP contribution in [0.25, 0.3) is 0 Å². The summed E-state index contributed by atoms with van der Waals surface area (Å²) in [7, 11) is 4.57. The zero-order valence-corrected chi connectivity index (χ0v) is 15.8. The second kappa shape index (κ2) is 8.99. The van der Waals surface area contributed by atoms with Gasteiger partial charge >= 0.3 is 0 Å². The molecular weight excluding hydrogens is 334 g/mol. The summed E-state index contributed by atoms with van der Waals surface area (Å²) in [6.45, 7) is 3.78. The Kier molecular flexibility index (Phi) is 6.72. The lowest BCUT2D eigenvalue weighted by molar-refractivity contribution is -0.122. The van der Waals surface area contributed by atoms with Crippen LogP contribution >= 0.6 is 0 Å². The molecule has 6 nitrogen and oxygen atoms in total. The predicted molar refractivity (Wildman–Crippen MR) is 101 cm³/mol. The van der Waals surface area contributed by atoms with Crippen LogP contribution in [-0.2, 0) is 11.2 Å². The Morgan fingerprint density at radius 3 is 2.04 bits per heavy atom. The van der Waals surface area contributed by atoms with Crippen LogP contribution in [0.5, 0.6) is 23.0 Å². The highest BCUT2D eigenvalue weighted by atomic mass is 16.5. The lowest BCUT2D eigenvalue weighted by Gasteiger charge is -2.17. The molecule has 2 aromatic carbocycles. The zero-order valence-electron chi connectivity index (χ0n) is 15.8. The van der Waals surface area contributed by atoms with Gasteiger partial charge in [-0.1, -0.05) is 19.1 Å². The topological polar surface area (TPSA) is 66.0 Å². The largest absolute Gasteiger partial charge is 0.493 e. The number of methoxy groups -OCH3 is 3. The van der Waals surface area contributed by atoms with Crippen LogP contribution in [0.1, 0.15) is 19.4 Å². The van der Waals surface area contributed by atoms with Crippen molar-refractivity contribution in [3.63, 3.8) is 0 Å². The van der Waals surface area contributed by atoms with Gasteiger partial charge in [-0.3, -0.25) is 4.79 Å². The Morgan fingerprint density at radius 2 is 1.58 bits per heavy atom. The van der Waals surface area contributed by atoms with Crippen molar-refractivity contribution >= 4 is 11.6 Å². The number of carbonyl (C=O) groups excluding carboxylic acids is 1. The molecule has 0 aliphatic heterocycles. The molecule has 0 saturated carbocycles. The predicted octanol–water partition coefficient (Wildman–Crippen LogP) is 3.68. The van der Waals surface area contributed by atoms with E-state index in [0.29, 0.717) is 28.7 Å². The Balaban J connectivity index is 2.10. The minimum Gasteiger partial charge on any atom is -0.493 e. The van der Waals surface area contributed by atoms with E-state index in [0.717, 1.165) is 6.42 Å². The zero-order chi connectivity index (χ0) is 19.1. The Labute approximate surface area is 154 Å². The summed E-state index contributed by atoms with van der Waals surface area (Å²) in [6, 6.07) is 11.0. The second-order valence-corrected chi connectivity index (χ2v) is 5.66. The SMILES string of the molecule is CCc1ccc(OC(C)C(=O)Nc2cc(OC)c(OC)c(OC)c2)cc1. The number of hydrogen-bond donors (Lipinski definition) is 1. The van der Waals surface area contributed by atoms with Crippen molar-refractivity contribution in [3.8, 4) is 23.0 Å². The van der Waals surface area contributed by atoms with E-state index in [9.17, 15) is 4.79 Å². The van der Waals surface area contributed by atoms with Gasteiger partial charge in [0.2, 0.25) is 5.75 Å². The first-order valence-corrected chi connectivity index (χ1v) is 8.38. The van der Waals surface area contributed by atoms with Crippen LogP contribution in [0.15, 0.2) is 36.4 Å². The van der Waals surface area contributed by atoms with Crippen molar-refractivity contribution in [2.24, 2.45) is 0 Å². The van der Waals surface area contributed by atoms with Gasteiger partial charge in [0.25, 0.3) is 5.91 Å². The van der Waals surface area contributed by atoms with E-state index in [4.69, 9.17) is 18.9 Å². The van der Waals surface area contributed by atoms with Crippen LogP contribution in [-0.4, -0.2) is 33.3 Å². The fourth-order valence-corrected chi connectivity index (χ4v) is 2.46. The van der Waals surface area contributed by atoms with Crippen molar-refractivity contribution in [1.29, 1.82) is 0 Å². The summed E-state index contributed by atoms with van der Waals surface area (Å²) < 4.78 is 21.6. The molecule has 0 radical (unpaired) electrons. The highest BCUT2D eigenvalue weighted by molar-refractivity contribution is 5.94. The smallest absolute Gasteiger partial charge is 0.265 e. The minimum atomic E-state index is -0.665. The molecule has 26 heavy (non-hydrogen) atoms. The van der Waals surface area contributed by atoms with Gasteiger partial charge in [-0.25, -0.2) is 0 Å². The van der Waals surface area contributed by atoms with E-state index in [-0.39, 0.29) is 5.91 Å². The van der Waals surface area contributed by atoms with Gasteiger partial charge in [0.1, 0.15) is 5.75 Å². The number of nitrogens with one attached hydrogen (secondary N) is 1. The van der Waals surface area contributed by atoms with Crippen molar-refractivity contribution in [2.45, 2.75) is 26.4 Å². The normalized spacial score (nSPS) is 11.4. The minimum absolute atomic E-state index is 0.279. The van der Waals surface area contributed by atoms with E-state index < -0.39 is 6.10 Å². The first kappa shape index (κ1) is 19.4. The summed E-state index contributed by atoms with van der Waals surface area (Å²) in [6.07, 6.45) is 0.291. The number of anilines is 1. The molecule has 1 N–H and O–H groups in total. The summed E-state index contributed by atoms with van der Waals surface area (Å²) in [5.74, 6) is 1.76. The third-order valence-corrected chi connectivity index (χ3v) is 3.95. The Bertz CT molecular complexity index is 717. The summed E-state index contributed by atoms with van der Waals surface area (Å²) in [5.41, 5.74) is 1.74. The number of rotatable bonds is 8. The van der Waals surface area contributed by atoms with Gasteiger partial charge in [-0.15, -0.1) is 0 Å². The third kappa shape index (κ3) is 4.59. The van der Waals surface area contributed by atoms with Gasteiger partial charge in [0.15, 0.2) is 17.6 Å². The van der Waals surface area contributed by atoms with Crippen LogP contribution in [0.4, 0.5) is 5.69 Å². The van der Waals surface area contributed by atoms with Crippen molar-refractivity contribution in [3.05, 3.63) is 42.0 Å². The molecule has 1 unspecified atom stereocenters. The summed E-state index contributed by atoms with van der Waals surface area (Å²) in [5, 5.41) is 2.81. The first-order valence-electron chi connectivity index (χ1n) is 8.38.